The fourth-order valence-corrected chi connectivity index (χ4v) is 2.50. The molecule has 0 aliphatic carbocycles. The molecule has 0 bridgehead atoms. The van der Waals surface area contributed by atoms with Gasteiger partial charge in [0, 0.05) is 6.20 Å². The predicted octanol–water partition coefficient (Wildman–Crippen LogP) is 2.74. The number of nitrogens with one attached hydrogen (secondary N) is 1. The van der Waals surface area contributed by atoms with Crippen LogP contribution < -0.4 is 11.1 Å². The first-order valence-corrected chi connectivity index (χ1v) is 7.59. The van der Waals surface area contributed by atoms with Crippen molar-refractivity contribution in [3.05, 3.63) is 65.2 Å². The molecular formula is C16H13FN4OS. The van der Waals surface area contributed by atoms with Crippen molar-refractivity contribution < 1.29 is 9.18 Å². The summed E-state index contributed by atoms with van der Waals surface area (Å²) in [6.07, 6.45) is 1.55. The number of amides is 1. The Morgan fingerprint density at radius 3 is 2.65 bits per heavy atom. The highest BCUT2D eigenvalue weighted by atomic mass is 32.2. The molecule has 1 aromatic carbocycles. The van der Waals surface area contributed by atoms with Crippen LogP contribution >= 0.6 is 11.8 Å². The summed E-state index contributed by atoms with van der Waals surface area (Å²) in [6.45, 7) is 0. The van der Waals surface area contributed by atoms with E-state index in [0.717, 1.165) is 11.8 Å². The van der Waals surface area contributed by atoms with E-state index < -0.39 is 11.7 Å². The summed E-state index contributed by atoms with van der Waals surface area (Å²) in [7, 11) is 0. The first-order chi connectivity index (χ1) is 11.1. The number of para-hydroxylation sites is 1. The minimum Gasteiger partial charge on any atom is -0.369 e. The van der Waals surface area contributed by atoms with Crippen molar-refractivity contribution in [2.24, 2.45) is 5.73 Å². The SMILES string of the molecule is N#C/C(=C(/Nc1ccccc1F)SCC(N)=O)c1ccccn1. The molecule has 0 aliphatic heterocycles. The molecule has 2 aromatic rings. The first-order valence-electron chi connectivity index (χ1n) is 6.60. The summed E-state index contributed by atoms with van der Waals surface area (Å²) in [4.78, 5) is 15.2. The van der Waals surface area contributed by atoms with Crippen molar-refractivity contribution in [3.63, 3.8) is 0 Å². The lowest BCUT2D eigenvalue weighted by molar-refractivity contribution is -0.115. The highest BCUT2D eigenvalue weighted by Gasteiger charge is 2.14. The minimum atomic E-state index is -0.541. The van der Waals surface area contributed by atoms with E-state index in [2.05, 4.69) is 10.3 Å². The van der Waals surface area contributed by atoms with E-state index in [1.165, 1.54) is 12.1 Å². The Bertz CT molecular complexity index is 771. The van der Waals surface area contributed by atoms with Crippen LogP contribution in [0.2, 0.25) is 0 Å². The average molecular weight is 328 g/mol. The lowest BCUT2D eigenvalue weighted by atomic mass is 10.2. The molecule has 116 valence electrons. The van der Waals surface area contributed by atoms with Gasteiger partial charge < -0.3 is 11.1 Å². The van der Waals surface area contributed by atoms with Crippen LogP contribution in [0.5, 0.6) is 0 Å². The topological polar surface area (TPSA) is 91.8 Å². The molecule has 0 fully saturated rings. The molecule has 0 unspecified atom stereocenters. The van der Waals surface area contributed by atoms with E-state index in [9.17, 15) is 14.4 Å². The fourth-order valence-electron chi connectivity index (χ4n) is 1.73. The van der Waals surface area contributed by atoms with Gasteiger partial charge in [0.2, 0.25) is 5.91 Å². The lowest BCUT2D eigenvalue weighted by Crippen LogP contribution is -2.15. The number of allylic oxidation sites excluding steroid dienone is 1. The van der Waals surface area contributed by atoms with Crippen molar-refractivity contribution in [2.75, 3.05) is 11.1 Å². The Kier molecular flexibility index (Phi) is 5.72. The number of aromatic nitrogens is 1. The van der Waals surface area contributed by atoms with Gasteiger partial charge in [0.15, 0.2) is 0 Å². The molecule has 0 spiro atoms. The number of carbonyl (C=O) groups is 1. The van der Waals surface area contributed by atoms with Crippen LogP contribution in [0.4, 0.5) is 10.1 Å². The Labute approximate surface area is 137 Å². The number of hydrogen-bond donors (Lipinski definition) is 2. The van der Waals surface area contributed by atoms with Crippen molar-refractivity contribution in [2.45, 2.75) is 0 Å². The standard InChI is InChI=1S/C16H13FN4OS/c17-12-5-1-2-7-14(12)21-16(23-10-15(19)22)11(9-18)13-6-3-4-8-20-13/h1-8,21H,10H2,(H2,19,22)/b16-11+. The number of nitrogens with zero attached hydrogens (tertiary/aromatic N) is 2. The predicted molar refractivity (Wildman–Crippen MR) is 88.4 cm³/mol. The quantitative estimate of drug-likeness (QED) is 0.796. The molecule has 1 heterocycles. The number of rotatable bonds is 6. The Balaban J connectivity index is 2.44. The van der Waals surface area contributed by atoms with Gasteiger partial charge in [-0.2, -0.15) is 5.26 Å². The zero-order valence-electron chi connectivity index (χ0n) is 12.0. The maximum absolute atomic E-state index is 13.8. The molecule has 0 atom stereocenters. The van der Waals surface area contributed by atoms with Crippen molar-refractivity contribution in [3.8, 4) is 6.07 Å². The maximum atomic E-state index is 13.8. The number of halogens is 1. The maximum Gasteiger partial charge on any atom is 0.227 e. The molecular weight excluding hydrogens is 315 g/mol. The number of hydrogen-bond acceptors (Lipinski definition) is 5. The van der Waals surface area contributed by atoms with Gasteiger partial charge in [-0.1, -0.05) is 30.0 Å². The highest BCUT2D eigenvalue weighted by molar-refractivity contribution is 8.04. The highest BCUT2D eigenvalue weighted by Crippen LogP contribution is 2.28. The van der Waals surface area contributed by atoms with E-state index in [1.807, 2.05) is 6.07 Å². The molecule has 7 heteroatoms. The van der Waals surface area contributed by atoms with Gasteiger partial charge >= 0.3 is 0 Å². The largest absolute Gasteiger partial charge is 0.369 e. The van der Waals surface area contributed by atoms with E-state index in [-0.39, 0.29) is 17.0 Å². The second-order valence-electron chi connectivity index (χ2n) is 4.39. The number of benzene rings is 1. The third-order valence-corrected chi connectivity index (χ3v) is 3.76. The Morgan fingerprint density at radius 2 is 2.04 bits per heavy atom. The molecule has 2 rings (SSSR count). The Morgan fingerprint density at radius 1 is 1.30 bits per heavy atom. The van der Waals surface area contributed by atoms with Crippen molar-refractivity contribution in [1.82, 2.24) is 4.98 Å². The molecule has 1 aromatic heterocycles. The Hall–Kier alpha value is -2.85. The molecule has 0 saturated heterocycles. The van der Waals surface area contributed by atoms with Gasteiger partial charge in [-0.15, -0.1) is 0 Å². The van der Waals surface area contributed by atoms with E-state index in [1.54, 1.807) is 36.5 Å². The van der Waals surface area contributed by atoms with Gasteiger partial charge in [-0.25, -0.2) is 4.39 Å². The molecule has 3 N–H and O–H groups in total. The van der Waals surface area contributed by atoms with E-state index in [4.69, 9.17) is 5.73 Å². The molecule has 5 nitrogen and oxygen atoms in total. The van der Waals surface area contributed by atoms with Gasteiger partial charge in [0.25, 0.3) is 0 Å². The number of primary amides is 1. The number of anilines is 1. The molecule has 1 amide bonds. The molecule has 0 saturated carbocycles. The summed E-state index contributed by atoms with van der Waals surface area (Å²) in [5, 5.41) is 12.6. The number of thioether (sulfide) groups is 1. The average Bonchev–Trinajstić information content (AvgIpc) is 2.56. The molecule has 0 aliphatic rings. The monoisotopic (exact) mass is 328 g/mol. The van der Waals surface area contributed by atoms with Crippen LogP contribution in [0.1, 0.15) is 5.69 Å². The zero-order valence-corrected chi connectivity index (χ0v) is 12.8. The van der Waals surface area contributed by atoms with Gasteiger partial charge in [-0.05, 0) is 24.3 Å². The summed E-state index contributed by atoms with van der Waals surface area (Å²) in [6, 6.07) is 13.2. The third kappa shape index (κ3) is 4.56. The van der Waals surface area contributed by atoms with E-state index in [0.29, 0.717) is 10.7 Å². The summed E-state index contributed by atoms with van der Waals surface area (Å²) < 4.78 is 13.8. The normalized spacial score (nSPS) is 11.3. The van der Waals surface area contributed by atoms with Crippen LogP contribution in [0.25, 0.3) is 5.57 Å². The molecule has 0 radical (unpaired) electrons. The number of carbonyl (C=O) groups excluding carboxylic acids is 1. The summed E-state index contributed by atoms with van der Waals surface area (Å²) in [5.74, 6) is -1.06. The number of nitrogens with two attached hydrogens (primary N) is 1. The fraction of sp³-hybridized carbons (Fsp3) is 0.0625. The van der Waals surface area contributed by atoms with Gasteiger partial charge in [0.05, 0.1) is 22.2 Å². The number of nitriles is 1. The van der Waals surface area contributed by atoms with Crippen LogP contribution in [-0.2, 0) is 4.79 Å². The number of pyridine rings is 1. The van der Waals surface area contributed by atoms with Gasteiger partial charge in [-0.3, -0.25) is 9.78 Å². The second-order valence-corrected chi connectivity index (χ2v) is 5.38. The zero-order chi connectivity index (χ0) is 16.7. The van der Waals surface area contributed by atoms with Crippen LogP contribution in [0.3, 0.4) is 0 Å². The summed E-state index contributed by atoms with van der Waals surface area (Å²) in [5.41, 5.74) is 5.99. The van der Waals surface area contributed by atoms with Crippen LogP contribution in [0.15, 0.2) is 53.7 Å². The molecule has 23 heavy (non-hydrogen) atoms. The van der Waals surface area contributed by atoms with Crippen molar-refractivity contribution in [1.29, 1.82) is 5.26 Å². The third-order valence-electron chi connectivity index (χ3n) is 2.74. The second kappa shape index (κ2) is 7.96. The van der Waals surface area contributed by atoms with Crippen LogP contribution in [-0.4, -0.2) is 16.6 Å². The smallest absolute Gasteiger partial charge is 0.227 e. The lowest BCUT2D eigenvalue weighted by Gasteiger charge is -2.13. The van der Waals surface area contributed by atoms with Crippen molar-refractivity contribution >= 4 is 28.9 Å². The summed E-state index contributed by atoms with van der Waals surface area (Å²) >= 11 is 1.03. The van der Waals surface area contributed by atoms with Crippen LogP contribution in [0, 0.1) is 17.1 Å². The minimum absolute atomic E-state index is 0.0468. The van der Waals surface area contributed by atoms with Gasteiger partial charge in [0.1, 0.15) is 17.5 Å². The van der Waals surface area contributed by atoms with E-state index >= 15 is 0 Å². The first kappa shape index (κ1) is 16.5.